The zero-order valence-electron chi connectivity index (χ0n) is 10.5. The molecule has 1 amide bonds. The Hall–Kier alpha value is -1.82. The summed E-state index contributed by atoms with van der Waals surface area (Å²) in [5, 5.41) is 6.53. The van der Waals surface area contributed by atoms with Gasteiger partial charge in [0.15, 0.2) is 0 Å². The summed E-state index contributed by atoms with van der Waals surface area (Å²) in [5.74, 6) is 0.842. The lowest BCUT2D eigenvalue weighted by Gasteiger charge is -2.19. The van der Waals surface area contributed by atoms with E-state index in [1.807, 2.05) is 12.1 Å². The summed E-state index contributed by atoms with van der Waals surface area (Å²) >= 11 is 1.65. The molecule has 1 atom stereocenters. The molecule has 19 heavy (non-hydrogen) atoms. The van der Waals surface area contributed by atoms with E-state index in [0.717, 1.165) is 6.42 Å². The standard InChI is InChI=1S/C13H14N4OS/c1-17(7-12-14-8-15-16-12)13(18)11-6-9-4-2-3-5-10(9)19-11/h2-5,8,11H,6-7H2,1H3,(H,14,15,16). The first-order valence-electron chi connectivity index (χ1n) is 6.08. The van der Waals surface area contributed by atoms with Crippen LogP contribution in [-0.4, -0.2) is 38.3 Å². The zero-order valence-corrected chi connectivity index (χ0v) is 11.4. The van der Waals surface area contributed by atoms with Crippen LogP contribution in [0.5, 0.6) is 0 Å². The van der Waals surface area contributed by atoms with E-state index < -0.39 is 0 Å². The average molecular weight is 274 g/mol. The molecule has 98 valence electrons. The largest absolute Gasteiger partial charge is 0.337 e. The lowest BCUT2D eigenvalue weighted by atomic mass is 10.1. The Morgan fingerprint density at radius 3 is 3.11 bits per heavy atom. The minimum Gasteiger partial charge on any atom is -0.337 e. The maximum Gasteiger partial charge on any atom is 0.236 e. The molecule has 1 unspecified atom stereocenters. The van der Waals surface area contributed by atoms with E-state index in [2.05, 4.69) is 27.3 Å². The van der Waals surface area contributed by atoms with Crippen LogP contribution in [0.2, 0.25) is 0 Å². The minimum atomic E-state index is -0.0229. The summed E-state index contributed by atoms with van der Waals surface area (Å²) in [6.07, 6.45) is 2.26. The van der Waals surface area contributed by atoms with Crippen molar-refractivity contribution in [1.29, 1.82) is 0 Å². The van der Waals surface area contributed by atoms with Crippen LogP contribution in [0.15, 0.2) is 35.5 Å². The molecule has 0 fully saturated rings. The lowest BCUT2D eigenvalue weighted by molar-refractivity contribution is -0.129. The van der Waals surface area contributed by atoms with Crippen molar-refractivity contribution in [2.45, 2.75) is 23.1 Å². The molecule has 1 N–H and O–H groups in total. The summed E-state index contributed by atoms with van der Waals surface area (Å²) in [7, 11) is 1.80. The topological polar surface area (TPSA) is 61.9 Å². The van der Waals surface area contributed by atoms with Crippen molar-refractivity contribution >= 4 is 17.7 Å². The van der Waals surface area contributed by atoms with Crippen LogP contribution in [-0.2, 0) is 17.8 Å². The van der Waals surface area contributed by atoms with Crippen molar-refractivity contribution in [2.75, 3.05) is 7.05 Å². The van der Waals surface area contributed by atoms with E-state index >= 15 is 0 Å². The van der Waals surface area contributed by atoms with Crippen molar-refractivity contribution in [3.05, 3.63) is 42.0 Å². The summed E-state index contributed by atoms with van der Waals surface area (Å²) in [6.45, 7) is 0.465. The Bertz CT molecular complexity index is 559. The third kappa shape index (κ3) is 2.49. The number of H-pyrrole nitrogens is 1. The van der Waals surface area contributed by atoms with E-state index in [1.54, 1.807) is 23.7 Å². The maximum absolute atomic E-state index is 12.4. The molecule has 0 saturated carbocycles. The van der Waals surface area contributed by atoms with Crippen molar-refractivity contribution in [3.8, 4) is 0 Å². The Labute approximate surface area is 115 Å². The van der Waals surface area contributed by atoms with Gasteiger partial charge in [0, 0.05) is 11.9 Å². The molecule has 0 bridgehead atoms. The molecule has 0 saturated heterocycles. The second kappa shape index (κ2) is 5.05. The Morgan fingerprint density at radius 1 is 1.53 bits per heavy atom. The predicted molar refractivity (Wildman–Crippen MR) is 72.6 cm³/mol. The molecule has 0 radical (unpaired) electrons. The first-order chi connectivity index (χ1) is 9.24. The number of carbonyl (C=O) groups excluding carboxylic acids is 1. The number of nitrogens with one attached hydrogen (secondary N) is 1. The van der Waals surface area contributed by atoms with Crippen LogP contribution in [0.25, 0.3) is 0 Å². The van der Waals surface area contributed by atoms with Crippen LogP contribution in [0.1, 0.15) is 11.4 Å². The van der Waals surface area contributed by atoms with E-state index in [9.17, 15) is 4.79 Å². The number of aromatic nitrogens is 3. The molecular weight excluding hydrogens is 260 g/mol. The lowest BCUT2D eigenvalue weighted by Crippen LogP contribution is -2.34. The zero-order chi connectivity index (χ0) is 13.2. The molecule has 1 aliphatic rings. The van der Waals surface area contributed by atoms with Gasteiger partial charge in [0.05, 0.1) is 11.8 Å². The number of amides is 1. The molecule has 6 heteroatoms. The van der Waals surface area contributed by atoms with Crippen LogP contribution in [0.4, 0.5) is 0 Å². The molecule has 1 aromatic carbocycles. The molecule has 3 rings (SSSR count). The quantitative estimate of drug-likeness (QED) is 0.921. The number of benzene rings is 1. The first kappa shape index (κ1) is 12.2. The third-order valence-corrected chi connectivity index (χ3v) is 4.46. The molecule has 2 heterocycles. The Balaban J connectivity index is 1.66. The van der Waals surface area contributed by atoms with Crippen molar-refractivity contribution in [1.82, 2.24) is 20.1 Å². The number of rotatable bonds is 3. The number of hydrogen-bond donors (Lipinski definition) is 1. The third-order valence-electron chi connectivity index (χ3n) is 3.15. The van der Waals surface area contributed by atoms with Gasteiger partial charge in [-0.2, -0.15) is 5.10 Å². The van der Waals surface area contributed by atoms with Gasteiger partial charge in [0.1, 0.15) is 12.2 Å². The van der Waals surface area contributed by atoms with Gasteiger partial charge in [0.2, 0.25) is 5.91 Å². The highest BCUT2D eigenvalue weighted by Gasteiger charge is 2.30. The number of carbonyl (C=O) groups is 1. The van der Waals surface area contributed by atoms with E-state index in [1.165, 1.54) is 16.8 Å². The van der Waals surface area contributed by atoms with E-state index in [0.29, 0.717) is 12.4 Å². The van der Waals surface area contributed by atoms with Crippen LogP contribution in [0.3, 0.4) is 0 Å². The fourth-order valence-corrected chi connectivity index (χ4v) is 3.49. The first-order valence-corrected chi connectivity index (χ1v) is 6.96. The SMILES string of the molecule is CN(Cc1ncn[nH]1)C(=O)C1Cc2ccccc2S1. The fraction of sp³-hybridized carbons (Fsp3) is 0.308. The van der Waals surface area contributed by atoms with Crippen LogP contribution >= 0.6 is 11.8 Å². The molecule has 1 aliphatic heterocycles. The average Bonchev–Trinajstić information content (AvgIpc) is 3.05. The highest BCUT2D eigenvalue weighted by Crippen LogP contribution is 2.37. The number of fused-ring (bicyclic) bond motifs is 1. The highest BCUT2D eigenvalue weighted by molar-refractivity contribution is 8.01. The summed E-state index contributed by atoms with van der Waals surface area (Å²) < 4.78 is 0. The molecule has 2 aromatic rings. The number of nitrogens with zero attached hydrogens (tertiary/aromatic N) is 3. The highest BCUT2D eigenvalue weighted by atomic mass is 32.2. The second-order valence-electron chi connectivity index (χ2n) is 4.54. The van der Waals surface area contributed by atoms with Gasteiger partial charge in [-0.3, -0.25) is 9.89 Å². The van der Waals surface area contributed by atoms with Gasteiger partial charge >= 0.3 is 0 Å². The number of aromatic amines is 1. The molecular formula is C13H14N4OS. The monoisotopic (exact) mass is 274 g/mol. The Kier molecular flexibility index (Phi) is 3.25. The molecule has 0 spiro atoms. The Morgan fingerprint density at radius 2 is 2.37 bits per heavy atom. The van der Waals surface area contributed by atoms with Gasteiger partial charge in [-0.25, -0.2) is 4.98 Å². The van der Waals surface area contributed by atoms with Gasteiger partial charge in [-0.1, -0.05) is 18.2 Å². The fourth-order valence-electron chi connectivity index (χ4n) is 2.18. The summed E-state index contributed by atoms with van der Waals surface area (Å²) in [6, 6.07) is 8.19. The van der Waals surface area contributed by atoms with E-state index in [-0.39, 0.29) is 11.2 Å². The summed E-state index contributed by atoms with van der Waals surface area (Å²) in [5.41, 5.74) is 1.26. The molecule has 1 aromatic heterocycles. The second-order valence-corrected chi connectivity index (χ2v) is 5.79. The maximum atomic E-state index is 12.4. The van der Waals surface area contributed by atoms with Gasteiger partial charge < -0.3 is 4.90 Å². The van der Waals surface area contributed by atoms with Crippen molar-refractivity contribution in [2.24, 2.45) is 0 Å². The van der Waals surface area contributed by atoms with Crippen LogP contribution < -0.4 is 0 Å². The van der Waals surface area contributed by atoms with Crippen molar-refractivity contribution < 1.29 is 4.79 Å². The molecule has 5 nitrogen and oxygen atoms in total. The summed E-state index contributed by atoms with van der Waals surface area (Å²) in [4.78, 5) is 19.3. The number of thioether (sulfide) groups is 1. The minimum absolute atomic E-state index is 0.0229. The normalized spacial score (nSPS) is 17.2. The smallest absolute Gasteiger partial charge is 0.236 e. The van der Waals surface area contributed by atoms with E-state index in [4.69, 9.17) is 0 Å². The van der Waals surface area contributed by atoms with Gasteiger partial charge in [-0.15, -0.1) is 11.8 Å². The van der Waals surface area contributed by atoms with Crippen molar-refractivity contribution in [3.63, 3.8) is 0 Å². The molecule has 0 aliphatic carbocycles. The van der Waals surface area contributed by atoms with Gasteiger partial charge in [0.25, 0.3) is 0 Å². The number of hydrogen-bond acceptors (Lipinski definition) is 4. The van der Waals surface area contributed by atoms with Gasteiger partial charge in [-0.05, 0) is 18.1 Å². The predicted octanol–water partition coefficient (Wildman–Crippen LogP) is 1.48. The van der Waals surface area contributed by atoms with Crippen LogP contribution in [0, 0.1) is 0 Å².